The van der Waals surface area contributed by atoms with Gasteiger partial charge in [-0.15, -0.1) is 0 Å². The van der Waals surface area contributed by atoms with Gasteiger partial charge in [-0.25, -0.2) is 0 Å². The van der Waals surface area contributed by atoms with Gasteiger partial charge in [0.25, 0.3) is 0 Å². The average Bonchev–Trinajstić information content (AvgIpc) is 2.62. The average molecular weight is 294 g/mol. The molecule has 0 saturated heterocycles. The van der Waals surface area contributed by atoms with Gasteiger partial charge in [0.15, 0.2) is 5.78 Å². The summed E-state index contributed by atoms with van der Waals surface area (Å²) >= 11 is 0. The van der Waals surface area contributed by atoms with Gasteiger partial charge in [0.05, 0.1) is 0 Å². The molecule has 114 valence electrons. The second kappa shape index (κ2) is 6.89. The van der Waals surface area contributed by atoms with Gasteiger partial charge in [-0.3, -0.25) is 4.79 Å². The Kier molecular flexibility index (Phi) is 4.69. The zero-order valence-electron chi connectivity index (χ0n) is 12.7. The first kappa shape index (κ1) is 15.0. The predicted molar refractivity (Wildman–Crippen MR) is 87.9 cm³/mol. The summed E-state index contributed by atoms with van der Waals surface area (Å²) in [5.74, 6) is 0.457. The molecular weight excluding hydrogens is 272 g/mol. The van der Waals surface area contributed by atoms with E-state index in [1.807, 2.05) is 54.6 Å². The Labute approximate surface area is 131 Å². The van der Waals surface area contributed by atoms with E-state index >= 15 is 0 Å². The summed E-state index contributed by atoms with van der Waals surface area (Å²) in [6.07, 6.45) is 4.99. The molecule has 0 aliphatic heterocycles. The molecule has 0 spiro atoms. The number of rotatable bonds is 4. The highest BCUT2D eigenvalue weighted by Gasteiger charge is 2.22. The molecule has 1 saturated carbocycles. The van der Waals surface area contributed by atoms with Crippen LogP contribution in [0.25, 0.3) is 0 Å². The lowest BCUT2D eigenvalue weighted by Crippen LogP contribution is -2.17. The molecule has 1 atom stereocenters. The highest BCUT2D eigenvalue weighted by molar-refractivity contribution is 5.97. The first-order valence-corrected chi connectivity index (χ1v) is 8.13. The van der Waals surface area contributed by atoms with Crippen LogP contribution < -0.4 is 0 Å². The minimum Gasteiger partial charge on any atom is -0.384 e. The number of ketones is 1. The van der Waals surface area contributed by atoms with Crippen LogP contribution in [0.3, 0.4) is 0 Å². The first-order chi connectivity index (χ1) is 10.8. The van der Waals surface area contributed by atoms with Crippen LogP contribution in [0, 0.1) is 5.92 Å². The number of carbonyl (C=O) groups excluding carboxylic acids is 1. The Hall–Kier alpha value is -1.93. The highest BCUT2D eigenvalue weighted by Crippen LogP contribution is 2.28. The molecule has 1 aliphatic rings. The van der Waals surface area contributed by atoms with Gasteiger partial charge in [0.1, 0.15) is 6.10 Å². The predicted octanol–water partition coefficient (Wildman–Crippen LogP) is 4.53. The van der Waals surface area contributed by atoms with E-state index in [1.165, 1.54) is 19.3 Å². The molecule has 22 heavy (non-hydrogen) atoms. The largest absolute Gasteiger partial charge is 0.384 e. The Bertz CT molecular complexity index is 610. The van der Waals surface area contributed by atoms with Gasteiger partial charge < -0.3 is 5.11 Å². The molecule has 1 aliphatic carbocycles. The van der Waals surface area contributed by atoms with E-state index in [9.17, 15) is 9.90 Å². The molecule has 3 rings (SSSR count). The molecule has 0 bridgehead atoms. The van der Waals surface area contributed by atoms with E-state index in [2.05, 4.69) is 0 Å². The summed E-state index contributed by atoms with van der Waals surface area (Å²) in [5, 5.41) is 10.4. The monoisotopic (exact) mass is 294 g/mol. The fraction of sp³-hybridized carbons (Fsp3) is 0.350. The normalized spacial score (nSPS) is 17.1. The Morgan fingerprint density at radius 1 is 0.864 bits per heavy atom. The van der Waals surface area contributed by atoms with Crippen LogP contribution >= 0.6 is 0 Å². The summed E-state index contributed by atoms with van der Waals surface area (Å²) in [6, 6.07) is 17.0. The molecule has 1 N–H and O–H groups in total. The van der Waals surface area contributed by atoms with Gasteiger partial charge in [0.2, 0.25) is 0 Å². The van der Waals surface area contributed by atoms with Gasteiger partial charge >= 0.3 is 0 Å². The van der Waals surface area contributed by atoms with Crippen molar-refractivity contribution < 1.29 is 9.90 Å². The fourth-order valence-electron chi connectivity index (χ4n) is 3.26. The van der Waals surface area contributed by atoms with Crippen molar-refractivity contribution in [2.75, 3.05) is 0 Å². The van der Waals surface area contributed by atoms with Crippen LogP contribution in [0.2, 0.25) is 0 Å². The summed E-state index contributed by atoms with van der Waals surface area (Å²) < 4.78 is 0. The molecule has 0 aromatic heterocycles. The van der Waals surface area contributed by atoms with E-state index in [0.717, 1.165) is 29.5 Å². The van der Waals surface area contributed by atoms with Crippen molar-refractivity contribution in [3.63, 3.8) is 0 Å². The van der Waals surface area contributed by atoms with Crippen molar-refractivity contribution in [2.24, 2.45) is 5.92 Å². The minimum absolute atomic E-state index is 0.193. The topological polar surface area (TPSA) is 37.3 Å². The Morgan fingerprint density at radius 3 is 2.09 bits per heavy atom. The molecule has 2 nitrogen and oxygen atoms in total. The lowest BCUT2D eigenvalue weighted by Gasteiger charge is -2.20. The molecule has 2 aromatic rings. The third kappa shape index (κ3) is 3.28. The summed E-state index contributed by atoms with van der Waals surface area (Å²) in [5.41, 5.74) is 2.47. The smallest absolute Gasteiger partial charge is 0.165 e. The van der Waals surface area contributed by atoms with Gasteiger partial charge in [-0.2, -0.15) is 0 Å². The van der Waals surface area contributed by atoms with Gasteiger partial charge in [-0.1, -0.05) is 73.9 Å². The lowest BCUT2D eigenvalue weighted by atomic mass is 9.83. The van der Waals surface area contributed by atoms with Crippen LogP contribution in [0.5, 0.6) is 0 Å². The van der Waals surface area contributed by atoms with Crippen LogP contribution in [-0.4, -0.2) is 10.9 Å². The molecule has 2 heteroatoms. The number of aliphatic hydroxyl groups is 1. The van der Waals surface area contributed by atoms with Crippen molar-refractivity contribution in [3.05, 3.63) is 71.3 Å². The van der Waals surface area contributed by atoms with E-state index in [1.54, 1.807) is 0 Å². The molecule has 0 amide bonds. The summed E-state index contributed by atoms with van der Waals surface area (Å²) in [6.45, 7) is 0. The number of Topliss-reactive ketones (excluding diaryl/α,β-unsaturated/α-hetero) is 1. The van der Waals surface area contributed by atoms with E-state index in [4.69, 9.17) is 0 Å². The van der Waals surface area contributed by atoms with Gasteiger partial charge in [-0.05, 0) is 24.0 Å². The van der Waals surface area contributed by atoms with E-state index in [0.29, 0.717) is 0 Å². The summed E-state index contributed by atoms with van der Waals surface area (Å²) in [4.78, 5) is 12.5. The number of aliphatic hydroxyl groups excluding tert-OH is 1. The number of hydrogen-bond donors (Lipinski definition) is 1. The van der Waals surface area contributed by atoms with Crippen molar-refractivity contribution >= 4 is 5.78 Å². The Balaban J connectivity index is 1.73. The SMILES string of the molecule is O=C(c1ccc(C(O)c2ccccc2)cc1)C1CCCCC1. The van der Waals surface area contributed by atoms with Crippen LogP contribution in [-0.2, 0) is 0 Å². The van der Waals surface area contributed by atoms with Crippen molar-refractivity contribution in [1.82, 2.24) is 0 Å². The van der Waals surface area contributed by atoms with Crippen molar-refractivity contribution in [2.45, 2.75) is 38.2 Å². The maximum atomic E-state index is 12.5. The maximum Gasteiger partial charge on any atom is 0.165 e. The molecule has 1 unspecified atom stereocenters. The van der Waals surface area contributed by atoms with Crippen LogP contribution in [0.1, 0.15) is 59.7 Å². The zero-order valence-corrected chi connectivity index (χ0v) is 12.7. The van der Waals surface area contributed by atoms with Crippen molar-refractivity contribution in [1.29, 1.82) is 0 Å². The third-order valence-corrected chi connectivity index (χ3v) is 4.60. The van der Waals surface area contributed by atoms with E-state index < -0.39 is 6.10 Å². The Morgan fingerprint density at radius 2 is 1.45 bits per heavy atom. The van der Waals surface area contributed by atoms with E-state index in [-0.39, 0.29) is 11.7 Å². The number of hydrogen-bond acceptors (Lipinski definition) is 2. The molecule has 2 aromatic carbocycles. The molecular formula is C20H22O2. The zero-order chi connectivity index (χ0) is 15.4. The first-order valence-electron chi connectivity index (χ1n) is 8.13. The molecule has 0 radical (unpaired) electrons. The summed E-state index contributed by atoms with van der Waals surface area (Å²) in [7, 11) is 0. The molecule has 0 heterocycles. The standard InChI is InChI=1S/C20H22O2/c21-19(15-7-3-1-4-8-15)17-11-13-18(14-12-17)20(22)16-9-5-2-6-10-16/h1,3-4,7-8,11-14,16,19,21H,2,5-6,9-10H2. The highest BCUT2D eigenvalue weighted by atomic mass is 16.3. The van der Waals surface area contributed by atoms with Crippen LogP contribution in [0.15, 0.2) is 54.6 Å². The lowest BCUT2D eigenvalue weighted by molar-refractivity contribution is 0.0889. The number of carbonyl (C=O) groups is 1. The maximum absolute atomic E-state index is 12.5. The minimum atomic E-state index is -0.639. The fourth-order valence-corrected chi connectivity index (χ4v) is 3.26. The van der Waals surface area contributed by atoms with Crippen LogP contribution in [0.4, 0.5) is 0 Å². The second-order valence-electron chi connectivity index (χ2n) is 6.13. The van der Waals surface area contributed by atoms with Gasteiger partial charge in [0, 0.05) is 11.5 Å². The third-order valence-electron chi connectivity index (χ3n) is 4.60. The second-order valence-corrected chi connectivity index (χ2v) is 6.13. The quantitative estimate of drug-likeness (QED) is 0.841. The van der Waals surface area contributed by atoms with Crippen molar-refractivity contribution in [3.8, 4) is 0 Å². The molecule has 1 fully saturated rings. The number of benzene rings is 2.